The highest BCUT2D eigenvalue weighted by molar-refractivity contribution is 5.84. The minimum Gasteiger partial charge on any atom is -0.480 e. The van der Waals surface area contributed by atoms with Gasteiger partial charge in [-0.2, -0.15) is 0 Å². The lowest BCUT2D eigenvalue weighted by Crippen LogP contribution is -2.44. The molecule has 20 heavy (non-hydrogen) atoms. The number of carboxylic acid groups (broad SMARTS) is 1. The third kappa shape index (κ3) is 3.14. The minimum absolute atomic E-state index is 0.0676. The molecule has 6 nitrogen and oxygen atoms in total. The van der Waals surface area contributed by atoms with Gasteiger partial charge in [0.15, 0.2) is 0 Å². The Hall–Kier alpha value is -2.37. The number of rotatable bonds is 5. The smallest absolute Gasteiger partial charge is 0.326 e. The standard InChI is InChI=1S/C14H17N3O3/c1-9(2)13(14(19)20)16-12(18)7-10-8-17-6-4-3-5-11(17)15-10/h3-6,8-9,13H,7H2,1-2H3,(H,16,18)(H,19,20). The highest BCUT2D eigenvalue weighted by Gasteiger charge is 2.23. The Morgan fingerprint density at radius 1 is 1.40 bits per heavy atom. The van der Waals surface area contributed by atoms with E-state index in [0.29, 0.717) is 5.69 Å². The molecule has 106 valence electrons. The number of fused-ring (bicyclic) bond motifs is 1. The fourth-order valence-corrected chi connectivity index (χ4v) is 1.97. The molecule has 2 rings (SSSR count). The van der Waals surface area contributed by atoms with Gasteiger partial charge in [0.1, 0.15) is 11.7 Å². The minimum atomic E-state index is -1.02. The van der Waals surface area contributed by atoms with Crippen molar-refractivity contribution in [1.29, 1.82) is 0 Å². The maximum absolute atomic E-state index is 11.9. The molecule has 0 saturated carbocycles. The van der Waals surface area contributed by atoms with Gasteiger partial charge in [-0.1, -0.05) is 19.9 Å². The van der Waals surface area contributed by atoms with Crippen molar-refractivity contribution >= 4 is 17.5 Å². The summed E-state index contributed by atoms with van der Waals surface area (Å²) in [7, 11) is 0. The number of nitrogens with one attached hydrogen (secondary N) is 1. The molecule has 2 N–H and O–H groups in total. The van der Waals surface area contributed by atoms with Crippen LogP contribution in [0.3, 0.4) is 0 Å². The van der Waals surface area contributed by atoms with Crippen molar-refractivity contribution in [2.45, 2.75) is 26.3 Å². The predicted molar refractivity (Wildman–Crippen MR) is 73.3 cm³/mol. The second kappa shape index (κ2) is 5.73. The first kappa shape index (κ1) is 14.0. The number of aliphatic carboxylic acids is 1. The number of hydrogen-bond donors (Lipinski definition) is 2. The van der Waals surface area contributed by atoms with E-state index in [1.807, 2.05) is 28.8 Å². The third-order valence-electron chi connectivity index (χ3n) is 3.00. The lowest BCUT2D eigenvalue weighted by Gasteiger charge is -2.17. The zero-order valence-corrected chi connectivity index (χ0v) is 11.4. The van der Waals surface area contributed by atoms with E-state index in [1.54, 1.807) is 20.0 Å². The van der Waals surface area contributed by atoms with Crippen LogP contribution in [-0.2, 0) is 16.0 Å². The molecule has 1 atom stereocenters. The molecule has 6 heteroatoms. The highest BCUT2D eigenvalue weighted by atomic mass is 16.4. The van der Waals surface area contributed by atoms with Gasteiger partial charge in [-0.25, -0.2) is 9.78 Å². The van der Waals surface area contributed by atoms with E-state index in [4.69, 9.17) is 5.11 Å². The van der Waals surface area contributed by atoms with Gasteiger partial charge in [0.25, 0.3) is 0 Å². The van der Waals surface area contributed by atoms with Crippen LogP contribution < -0.4 is 5.32 Å². The summed E-state index contributed by atoms with van der Waals surface area (Å²) in [4.78, 5) is 27.2. The lowest BCUT2D eigenvalue weighted by molar-refractivity contribution is -0.143. The summed E-state index contributed by atoms with van der Waals surface area (Å²) < 4.78 is 1.82. The molecule has 1 unspecified atom stereocenters. The van der Waals surface area contributed by atoms with Crippen molar-refractivity contribution in [3.63, 3.8) is 0 Å². The van der Waals surface area contributed by atoms with E-state index >= 15 is 0 Å². The van der Waals surface area contributed by atoms with E-state index in [2.05, 4.69) is 10.3 Å². The van der Waals surface area contributed by atoms with E-state index in [1.165, 1.54) is 0 Å². The summed E-state index contributed by atoms with van der Waals surface area (Å²) in [5, 5.41) is 11.6. The normalized spacial score (nSPS) is 12.6. The Morgan fingerprint density at radius 3 is 2.75 bits per heavy atom. The van der Waals surface area contributed by atoms with Crippen LogP contribution in [0, 0.1) is 5.92 Å². The van der Waals surface area contributed by atoms with Crippen molar-refractivity contribution in [2.24, 2.45) is 5.92 Å². The Labute approximate surface area is 116 Å². The van der Waals surface area contributed by atoms with Gasteiger partial charge in [-0.3, -0.25) is 4.79 Å². The number of pyridine rings is 1. The van der Waals surface area contributed by atoms with Gasteiger partial charge in [0, 0.05) is 12.4 Å². The number of carboxylic acids is 1. The van der Waals surface area contributed by atoms with Crippen molar-refractivity contribution < 1.29 is 14.7 Å². The molecule has 0 aliphatic carbocycles. The Balaban J connectivity index is 2.05. The molecule has 1 amide bonds. The summed E-state index contributed by atoms with van der Waals surface area (Å²) in [6.45, 7) is 3.51. The number of aromatic nitrogens is 2. The van der Waals surface area contributed by atoms with Crippen LogP contribution in [0.2, 0.25) is 0 Å². The zero-order chi connectivity index (χ0) is 14.7. The molecule has 0 radical (unpaired) electrons. The number of amides is 1. The molecule has 0 aliphatic rings. The summed E-state index contributed by atoms with van der Waals surface area (Å²) >= 11 is 0. The van der Waals surface area contributed by atoms with E-state index < -0.39 is 12.0 Å². The molecule has 0 fully saturated rings. The molecular weight excluding hydrogens is 258 g/mol. The Morgan fingerprint density at radius 2 is 2.15 bits per heavy atom. The van der Waals surface area contributed by atoms with E-state index in [9.17, 15) is 9.59 Å². The predicted octanol–water partition coefficient (Wildman–Crippen LogP) is 1.10. The van der Waals surface area contributed by atoms with Crippen LogP contribution in [-0.4, -0.2) is 32.4 Å². The Bertz CT molecular complexity index is 600. The summed E-state index contributed by atoms with van der Waals surface area (Å²) in [5.74, 6) is -1.53. The van der Waals surface area contributed by atoms with Crippen molar-refractivity contribution in [3.05, 3.63) is 36.3 Å². The average molecular weight is 275 g/mol. The van der Waals surface area contributed by atoms with Gasteiger partial charge in [-0.15, -0.1) is 0 Å². The number of hydrogen-bond acceptors (Lipinski definition) is 3. The third-order valence-corrected chi connectivity index (χ3v) is 3.00. The van der Waals surface area contributed by atoms with Crippen LogP contribution in [0.1, 0.15) is 19.5 Å². The summed E-state index contributed by atoms with van der Waals surface area (Å²) in [5.41, 5.74) is 1.37. The molecule has 0 bridgehead atoms. The van der Waals surface area contributed by atoms with Crippen molar-refractivity contribution in [2.75, 3.05) is 0 Å². The number of imidazole rings is 1. The molecule has 0 spiro atoms. The largest absolute Gasteiger partial charge is 0.480 e. The van der Waals surface area contributed by atoms with Gasteiger partial charge < -0.3 is 14.8 Å². The second-order valence-electron chi connectivity index (χ2n) is 5.00. The van der Waals surface area contributed by atoms with Crippen LogP contribution in [0.15, 0.2) is 30.6 Å². The quantitative estimate of drug-likeness (QED) is 0.856. The monoisotopic (exact) mass is 275 g/mol. The van der Waals surface area contributed by atoms with Gasteiger partial charge in [0.2, 0.25) is 5.91 Å². The van der Waals surface area contributed by atoms with Gasteiger partial charge >= 0.3 is 5.97 Å². The van der Waals surface area contributed by atoms with Crippen LogP contribution in [0.5, 0.6) is 0 Å². The molecular formula is C14H17N3O3. The molecule has 0 aliphatic heterocycles. The first-order chi connectivity index (χ1) is 9.47. The average Bonchev–Trinajstić information content (AvgIpc) is 2.77. The molecule has 0 saturated heterocycles. The van der Waals surface area contributed by atoms with Crippen LogP contribution in [0.25, 0.3) is 5.65 Å². The van der Waals surface area contributed by atoms with E-state index in [-0.39, 0.29) is 18.2 Å². The molecule has 2 heterocycles. The molecule has 2 aromatic rings. The summed E-state index contributed by atoms with van der Waals surface area (Å²) in [6, 6.07) is 4.71. The summed E-state index contributed by atoms with van der Waals surface area (Å²) in [6.07, 6.45) is 3.68. The van der Waals surface area contributed by atoms with Crippen LogP contribution in [0.4, 0.5) is 0 Å². The fraction of sp³-hybridized carbons (Fsp3) is 0.357. The number of nitrogens with zero attached hydrogens (tertiary/aromatic N) is 2. The first-order valence-corrected chi connectivity index (χ1v) is 6.42. The van der Waals surface area contributed by atoms with Crippen molar-refractivity contribution in [3.8, 4) is 0 Å². The highest BCUT2D eigenvalue weighted by Crippen LogP contribution is 2.06. The molecule has 0 aromatic carbocycles. The van der Waals surface area contributed by atoms with Gasteiger partial charge in [0.05, 0.1) is 12.1 Å². The maximum atomic E-state index is 11.9. The zero-order valence-electron chi connectivity index (χ0n) is 11.4. The topological polar surface area (TPSA) is 83.7 Å². The molecule has 2 aromatic heterocycles. The number of carbonyl (C=O) groups is 2. The Kier molecular flexibility index (Phi) is 4.02. The number of carbonyl (C=O) groups excluding carboxylic acids is 1. The second-order valence-corrected chi connectivity index (χ2v) is 5.00. The van der Waals surface area contributed by atoms with E-state index in [0.717, 1.165) is 5.65 Å². The SMILES string of the molecule is CC(C)C(NC(=O)Cc1cn2ccccc2n1)C(=O)O. The maximum Gasteiger partial charge on any atom is 0.326 e. The lowest BCUT2D eigenvalue weighted by atomic mass is 10.0. The first-order valence-electron chi connectivity index (χ1n) is 6.42. The van der Waals surface area contributed by atoms with Crippen molar-refractivity contribution in [1.82, 2.24) is 14.7 Å². The van der Waals surface area contributed by atoms with Crippen LogP contribution >= 0.6 is 0 Å². The van der Waals surface area contributed by atoms with Gasteiger partial charge in [-0.05, 0) is 18.1 Å². The fourth-order valence-electron chi connectivity index (χ4n) is 1.97.